The Labute approximate surface area is 136 Å². The van der Waals surface area contributed by atoms with Gasteiger partial charge in [-0.1, -0.05) is 61.0 Å². The second kappa shape index (κ2) is 6.95. The molecule has 0 radical (unpaired) electrons. The summed E-state index contributed by atoms with van der Waals surface area (Å²) >= 11 is 3.68. The Morgan fingerprint density at radius 1 is 1.38 bits per heavy atom. The zero-order chi connectivity index (χ0) is 15.5. The van der Waals surface area contributed by atoms with Crippen LogP contribution in [-0.4, -0.2) is 17.3 Å². The van der Waals surface area contributed by atoms with Crippen molar-refractivity contribution >= 4 is 21.8 Å². The van der Waals surface area contributed by atoms with E-state index >= 15 is 0 Å². The maximum atomic E-state index is 12.5. The second-order valence-electron chi connectivity index (χ2n) is 7.25. The molecule has 1 aromatic rings. The first-order valence-corrected chi connectivity index (χ1v) is 8.78. The van der Waals surface area contributed by atoms with Crippen LogP contribution in [-0.2, 0) is 11.2 Å². The summed E-state index contributed by atoms with van der Waals surface area (Å²) in [5.74, 6) is 0.213. The van der Waals surface area contributed by atoms with Crippen molar-refractivity contribution < 1.29 is 4.79 Å². The molecule has 116 valence electrons. The van der Waals surface area contributed by atoms with Crippen LogP contribution < -0.4 is 5.32 Å². The topological polar surface area (TPSA) is 29.1 Å². The Bertz CT molecular complexity index is 492. The van der Waals surface area contributed by atoms with Gasteiger partial charge >= 0.3 is 0 Å². The van der Waals surface area contributed by atoms with Crippen molar-refractivity contribution in [3.05, 3.63) is 35.4 Å². The first-order chi connectivity index (χ1) is 9.87. The molecule has 2 nitrogen and oxygen atoms in total. The molecule has 0 aliphatic heterocycles. The molecule has 0 saturated heterocycles. The number of alkyl halides is 1. The summed E-state index contributed by atoms with van der Waals surface area (Å²) in [5.41, 5.74) is 2.84. The number of carbonyl (C=O) groups is 1. The van der Waals surface area contributed by atoms with Gasteiger partial charge in [0.15, 0.2) is 0 Å². The van der Waals surface area contributed by atoms with Gasteiger partial charge in [0, 0.05) is 11.4 Å². The minimum absolute atomic E-state index is 0.0317. The molecule has 1 amide bonds. The number of aryl methyl sites for hydroxylation is 1. The quantitative estimate of drug-likeness (QED) is 0.799. The normalized spacial score (nSPS) is 19.7. The molecule has 0 aromatic heterocycles. The maximum Gasteiger partial charge on any atom is 0.227 e. The van der Waals surface area contributed by atoms with Crippen LogP contribution in [0.1, 0.15) is 57.1 Å². The first kappa shape index (κ1) is 16.5. The van der Waals surface area contributed by atoms with Crippen LogP contribution >= 0.6 is 15.9 Å². The molecule has 0 spiro atoms. The van der Waals surface area contributed by atoms with Gasteiger partial charge in [-0.3, -0.25) is 4.79 Å². The van der Waals surface area contributed by atoms with Crippen molar-refractivity contribution in [2.24, 2.45) is 5.41 Å². The molecule has 0 saturated carbocycles. The molecule has 1 aliphatic carbocycles. The van der Waals surface area contributed by atoms with E-state index in [1.165, 1.54) is 11.1 Å². The van der Waals surface area contributed by atoms with Crippen LogP contribution in [0.25, 0.3) is 0 Å². The Morgan fingerprint density at radius 3 is 2.81 bits per heavy atom. The lowest BCUT2D eigenvalue weighted by atomic mass is 9.82. The third-order valence-corrected chi connectivity index (χ3v) is 4.67. The van der Waals surface area contributed by atoms with E-state index < -0.39 is 0 Å². The smallest absolute Gasteiger partial charge is 0.227 e. The minimum atomic E-state index is 0.0317. The number of fused-ring (bicyclic) bond motifs is 1. The minimum Gasteiger partial charge on any atom is -0.354 e. The van der Waals surface area contributed by atoms with Gasteiger partial charge in [0.1, 0.15) is 0 Å². The van der Waals surface area contributed by atoms with Crippen LogP contribution in [0.2, 0.25) is 0 Å². The van der Waals surface area contributed by atoms with Crippen molar-refractivity contribution in [1.82, 2.24) is 5.32 Å². The largest absolute Gasteiger partial charge is 0.354 e. The van der Waals surface area contributed by atoms with Crippen LogP contribution in [0.3, 0.4) is 0 Å². The van der Waals surface area contributed by atoms with Crippen molar-refractivity contribution in [2.75, 3.05) is 6.54 Å². The number of hydrogen-bond acceptors (Lipinski definition) is 1. The Morgan fingerprint density at radius 2 is 2.10 bits per heavy atom. The number of rotatable bonds is 4. The summed E-state index contributed by atoms with van der Waals surface area (Å²) < 4.78 is 0. The predicted molar refractivity (Wildman–Crippen MR) is 91.9 cm³/mol. The molecule has 1 N–H and O–H groups in total. The van der Waals surface area contributed by atoms with Gasteiger partial charge in [-0.25, -0.2) is 0 Å². The highest BCUT2D eigenvalue weighted by Gasteiger charge is 2.26. The number of halogens is 1. The number of benzene rings is 1. The molecule has 3 heteroatoms. The van der Waals surface area contributed by atoms with E-state index in [2.05, 4.69) is 60.2 Å². The van der Waals surface area contributed by atoms with Gasteiger partial charge in [-0.2, -0.15) is 0 Å². The fourth-order valence-corrected chi connectivity index (χ4v) is 4.23. The highest BCUT2D eigenvalue weighted by molar-refractivity contribution is 9.09. The van der Waals surface area contributed by atoms with E-state index in [-0.39, 0.29) is 17.2 Å². The highest BCUT2D eigenvalue weighted by atomic mass is 79.9. The lowest BCUT2D eigenvalue weighted by molar-refractivity contribution is -0.122. The van der Waals surface area contributed by atoms with E-state index in [1.54, 1.807) is 0 Å². The number of hydrogen-bond donors (Lipinski definition) is 1. The maximum absolute atomic E-state index is 12.5. The van der Waals surface area contributed by atoms with E-state index in [0.717, 1.165) is 25.7 Å². The lowest BCUT2D eigenvalue weighted by Gasteiger charge is -2.26. The molecule has 0 heterocycles. The fourth-order valence-electron chi connectivity index (χ4n) is 3.10. The summed E-state index contributed by atoms with van der Waals surface area (Å²) in [7, 11) is 0. The zero-order valence-corrected chi connectivity index (χ0v) is 14.9. The first-order valence-electron chi connectivity index (χ1n) is 7.86. The van der Waals surface area contributed by atoms with Crippen molar-refractivity contribution in [1.29, 1.82) is 0 Å². The predicted octanol–water partition coefficient (Wildman–Crippen LogP) is 4.42. The monoisotopic (exact) mass is 351 g/mol. The van der Waals surface area contributed by atoms with Gasteiger partial charge < -0.3 is 5.32 Å². The Balaban J connectivity index is 1.93. The van der Waals surface area contributed by atoms with Crippen molar-refractivity contribution in [3.63, 3.8) is 0 Å². The van der Waals surface area contributed by atoms with E-state index in [0.29, 0.717) is 11.4 Å². The number of nitrogens with one attached hydrogen (secondary N) is 1. The second-order valence-corrected chi connectivity index (χ2v) is 8.55. The van der Waals surface area contributed by atoms with Gasteiger partial charge in [0.25, 0.3) is 0 Å². The molecule has 0 fully saturated rings. The molecule has 0 bridgehead atoms. The van der Waals surface area contributed by atoms with Gasteiger partial charge in [0.05, 0.1) is 5.92 Å². The van der Waals surface area contributed by atoms with Crippen LogP contribution in [0.4, 0.5) is 0 Å². The van der Waals surface area contributed by atoms with E-state index in [1.807, 2.05) is 6.07 Å². The molecule has 2 unspecified atom stereocenters. The number of amides is 1. The zero-order valence-electron chi connectivity index (χ0n) is 13.3. The molecular weight excluding hydrogens is 326 g/mol. The third-order valence-electron chi connectivity index (χ3n) is 4.02. The van der Waals surface area contributed by atoms with Crippen molar-refractivity contribution in [3.8, 4) is 0 Å². The number of carbonyl (C=O) groups excluding carboxylic acids is 1. The molecule has 21 heavy (non-hydrogen) atoms. The summed E-state index contributed by atoms with van der Waals surface area (Å²) in [4.78, 5) is 12.8. The van der Waals surface area contributed by atoms with Crippen LogP contribution in [0.15, 0.2) is 24.3 Å². The average Bonchev–Trinajstić information content (AvgIpc) is 2.42. The van der Waals surface area contributed by atoms with Crippen molar-refractivity contribution in [2.45, 2.75) is 57.2 Å². The fraction of sp³-hybridized carbons (Fsp3) is 0.611. The molecule has 1 aliphatic rings. The summed E-state index contributed by atoms with van der Waals surface area (Å²) in [5, 5.41) is 3.13. The summed E-state index contributed by atoms with van der Waals surface area (Å²) in [6.45, 7) is 7.37. The Kier molecular flexibility index (Phi) is 5.48. The standard InChI is InChI=1S/C18H26BrNO/c1-18(2,3)11-14(19)12-20-17(21)16-10-6-8-13-7-4-5-9-15(13)16/h4-5,7,9,14,16H,6,8,10-12H2,1-3H3,(H,20,21). The molecule has 1 aromatic carbocycles. The van der Waals surface area contributed by atoms with Gasteiger partial charge in [-0.15, -0.1) is 0 Å². The van der Waals surface area contributed by atoms with Crippen LogP contribution in [0, 0.1) is 5.41 Å². The lowest BCUT2D eigenvalue weighted by Crippen LogP contribution is -2.36. The Hall–Kier alpha value is -0.830. The summed E-state index contributed by atoms with van der Waals surface area (Å²) in [6.07, 6.45) is 4.23. The van der Waals surface area contributed by atoms with Gasteiger partial charge in [-0.05, 0) is 42.2 Å². The highest BCUT2D eigenvalue weighted by Crippen LogP contribution is 2.31. The average molecular weight is 352 g/mol. The summed E-state index contributed by atoms with van der Waals surface area (Å²) in [6, 6.07) is 8.37. The SMILES string of the molecule is CC(C)(C)CC(Br)CNC(=O)C1CCCc2ccccc21. The van der Waals surface area contributed by atoms with E-state index in [4.69, 9.17) is 0 Å². The molecular formula is C18H26BrNO. The molecule has 2 atom stereocenters. The van der Waals surface area contributed by atoms with E-state index in [9.17, 15) is 4.79 Å². The third kappa shape index (κ3) is 4.84. The van der Waals surface area contributed by atoms with Crippen LogP contribution in [0.5, 0.6) is 0 Å². The van der Waals surface area contributed by atoms with Gasteiger partial charge in [0.2, 0.25) is 5.91 Å². The molecule has 2 rings (SSSR count).